The quantitative estimate of drug-likeness (QED) is 0.376. The van der Waals surface area contributed by atoms with E-state index >= 15 is 0 Å². The number of carbonyl (C=O) groups is 1. The second-order valence-corrected chi connectivity index (χ2v) is 10.6. The average Bonchev–Trinajstić information content (AvgIpc) is 2.82. The number of halogens is 2. The van der Waals surface area contributed by atoms with Gasteiger partial charge in [0, 0.05) is 0 Å². The third kappa shape index (κ3) is 6.11. The predicted molar refractivity (Wildman–Crippen MR) is 131 cm³/mol. The van der Waals surface area contributed by atoms with Crippen molar-refractivity contribution in [1.82, 2.24) is 14.9 Å². The number of rotatable bonds is 7. The molecule has 0 spiro atoms. The first-order valence-electron chi connectivity index (χ1n) is 10.7. The molecule has 0 unspecified atom stereocenters. The topological polar surface area (TPSA) is 67.4 Å². The molecule has 0 saturated carbocycles. The van der Waals surface area contributed by atoms with Crippen molar-refractivity contribution in [3.8, 4) is 5.75 Å². The van der Waals surface area contributed by atoms with E-state index in [1.807, 2.05) is 12.1 Å². The van der Waals surface area contributed by atoms with E-state index in [9.17, 15) is 9.18 Å². The van der Waals surface area contributed by atoms with Crippen LogP contribution in [0.15, 0.2) is 48.8 Å². The van der Waals surface area contributed by atoms with Crippen LogP contribution in [0, 0.1) is 5.82 Å². The van der Waals surface area contributed by atoms with Gasteiger partial charge in [-0.05, 0) is 0 Å². The summed E-state index contributed by atoms with van der Waals surface area (Å²) < 4.78 is 20.8. The fraction of sp³-hybridized carbons (Fsp3) is 0.292. The predicted octanol–water partition coefficient (Wildman–Crippen LogP) is 3.07. The van der Waals surface area contributed by atoms with E-state index in [0.717, 1.165) is 33.9 Å². The molecule has 3 aromatic rings. The van der Waals surface area contributed by atoms with Crippen LogP contribution >= 0.6 is 11.6 Å². The molecule has 2 heterocycles. The molecule has 171 valence electrons. The Labute approximate surface area is 203 Å². The second kappa shape index (κ2) is 11.1. The maximum atomic E-state index is 13.5. The van der Waals surface area contributed by atoms with Crippen LogP contribution < -0.4 is 18.9 Å². The number of fused-ring (bicyclic) bond motifs is 1. The summed E-state index contributed by atoms with van der Waals surface area (Å²) in [7, 11) is 1.55. The van der Waals surface area contributed by atoms with Gasteiger partial charge in [0.2, 0.25) is 0 Å². The summed E-state index contributed by atoms with van der Waals surface area (Å²) in [4.78, 5) is 23.7. The van der Waals surface area contributed by atoms with E-state index in [1.54, 1.807) is 31.4 Å². The normalized spacial score (nSPS) is 15.0. The Hall–Kier alpha value is -2.47. The minimum absolute atomic E-state index is 0.0899. The van der Waals surface area contributed by atoms with Gasteiger partial charge >= 0.3 is 198 Å². The minimum atomic E-state index is -0.570. The summed E-state index contributed by atoms with van der Waals surface area (Å²) in [5.41, 5.74) is 1.26. The Kier molecular flexibility index (Phi) is 7.97. The Balaban J connectivity index is 1.55. The van der Waals surface area contributed by atoms with Crippen LogP contribution in [-0.4, -0.2) is 63.3 Å². The molecule has 4 rings (SSSR count). The molecule has 1 aliphatic rings. The molecule has 1 saturated heterocycles. The van der Waals surface area contributed by atoms with Crippen molar-refractivity contribution < 1.29 is 13.9 Å². The van der Waals surface area contributed by atoms with Gasteiger partial charge in [-0.2, -0.15) is 0 Å². The molecule has 1 aromatic heterocycles. The van der Waals surface area contributed by atoms with Crippen molar-refractivity contribution >= 4 is 58.7 Å². The molecule has 1 aliphatic heterocycles. The monoisotopic (exact) mass is 529 g/mol. The van der Waals surface area contributed by atoms with E-state index in [-0.39, 0.29) is 10.9 Å². The van der Waals surface area contributed by atoms with Gasteiger partial charge in [0.05, 0.1) is 0 Å². The maximum absolute atomic E-state index is 13.5. The number of nitrogens with zero attached hydrogens (tertiary/aromatic N) is 3. The molecule has 0 aliphatic carbocycles. The van der Waals surface area contributed by atoms with Crippen molar-refractivity contribution in [2.45, 2.75) is 19.3 Å². The standard InChI is InChI=1S/C24H24AsClFN4O2/c1-33-22-14-20-17(24(29-15-28-20)25-16-7-8-19(27)18(26)12-16)13-21(22)30-23(32)6-5-11-31-9-3-2-4-10-31/h5-8,12-15H,2-4,9-11H2,1H3,(H,30,32). The molecule has 0 atom stereocenters. The molecule has 1 fully saturated rings. The molecule has 1 amide bonds. The fourth-order valence-corrected chi connectivity index (χ4v) is 6.16. The van der Waals surface area contributed by atoms with Gasteiger partial charge in [-0.1, -0.05) is 6.42 Å². The first-order chi connectivity index (χ1) is 16.0. The molecule has 0 bridgehead atoms. The summed E-state index contributed by atoms with van der Waals surface area (Å²) in [6, 6.07) is 8.33. The number of nitrogens with one attached hydrogen (secondary N) is 1. The third-order valence-electron chi connectivity index (χ3n) is 5.41. The Morgan fingerprint density at radius 2 is 2.06 bits per heavy atom. The summed E-state index contributed by atoms with van der Waals surface area (Å²) in [5.74, 6) is -0.148. The zero-order valence-electron chi connectivity index (χ0n) is 18.2. The Morgan fingerprint density at radius 3 is 2.82 bits per heavy atom. The number of ether oxygens (including phenoxy) is 1. The SMILES string of the molecule is COc1cc2ncnc([As]c3ccc(F)c(Cl)c3)c2cc1NC(=O)C=CCN1CCCCC1. The van der Waals surface area contributed by atoms with Crippen LogP contribution in [0.3, 0.4) is 0 Å². The van der Waals surface area contributed by atoms with Gasteiger partial charge in [-0.15, -0.1) is 0 Å². The van der Waals surface area contributed by atoms with Crippen molar-refractivity contribution in [3.63, 3.8) is 0 Å². The third-order valence-corrected chi connectivity index (χ3v) is 8.02. The van der Waals surface area contributed by atoms with Crippen LogP contribution in [0.5, 0.6) is 5.75 Å². The number of amides is 1. The number of aromatic nitrogens is 2. The molecule has 1 radical (unpaired) electrons. The van der Waals surface area contributed by atoms with Crippen molar-refractivity contribution in [2.24, 2.45) is 0 Å². The number of anilines is 1. The van der Waals surface area contributed by atoms with E-state index in [4.69, 9.17) is 16.3 Å². The van der Waals surface area contributed by atoms with Gasteiger partial charge in [0.25, 0.3) is 0 Å². The summed E-state index contributed by atoms with van der Waals surface area (Å²) in [6.45, 7) is 2.93. The second-order valence-electron chi connectivity index (χ2n) is 7.73. The number of methoxy groups -OCH3 is 1. The molecule has 6 nitrogen and oxygen atoms in total. The number of carbonyl (C=O) groups excluding carboxylic acids is 1. The van der Waals surface area contributed by atoms with Crippen LogP contribution in [-0.2, 0) is 4.79 Å². The zero-order chi connectivity index (χ0) is 23.2. The van der Waals surface area contributed by atoms with E-state index in [0.29, 0.717) is 17.0 Å². The van der Waals surface area contributed by atoms with Crippen LogP contribution in [0.2, 0.25) is 5.02 Å². The van der Waals surface area contributed by atoms with Crippen LogP contribution in [0.4, 0.5) is 10.1 Å². The van der Waals surface area contributed by atoms with Gasteiger partial charge in [0.1, 0.15) is 0 Å². The Bertz CT molecular complexity index is 1180. The number of benzene rings is 2. The van der Waals surface area contributed by atoms with Crippen LogP contribution in [0.25, 0.3) is 10.9 Å². The summed E-state index contributed by atoms with van der Waals surface area (Å²) in [5, 5.41) is 3.82. The molecule has 9 heteroatoms. The number of likely N-dealkylation sites (tertiary alicyclic amines) is 1. The number of hydrogen-bond donors (Lipinski definition) is 1. The fourth-order valence-electron chi connectivity index (χ4n) is 3.73. The first kappa shape index (κ1) is 23.7. The number of hydrogen-bond acceptors (Lipinski definition) is 5. The van der Waals surface area contributed by atoms with Gasteiger partial charge in [-0.25, -0.2) is 0 Å². The molecule has 1 N–H and O–H groups in total. The summed E-state index contributed by atoms with van der Waals surface area (Å²) >= 11 is 5.38. The Morgan fingerprint density at radius 1 is 1.24 bits per heavy atom. The number of piperidine rings is 1. The van der Waals surface area contributed by atoms with Gasteiger partial charge in [0.15, 0.2) is 0 Å². The van der Waals surface area contributed by atoms with Gasteiger partial charge in [-0.3, -0.25) is 0 Å². The summed E-state index contributed by atoms with van der Waals surface area (Å²) in [6.07, 6.45) is 8.67. The van der Waals surface area contributed by atoms with E-state index in [2.05, 4.69) is 20.2 Å². The van der Waals surface area contributed by atoms with Crippen molar-refractivity contribution in [1.29, 1.82) is 0 Å². The zero-order valence-corrected chi connectivity index (χ0v) is 20.9. The van der Waals surface area contributed by atoms with Gasteiger partial charge < -0.3 is 0 Å². The van der Waals surface area contributed by atoms with Crippen LogP contribution in [0.1, 0.15) is 19.3 Å². The van der Waals surface area contributed by atoms with Crippen molar-refractivity contribution in [3.05, 3.63) is 59.7 Å². The molecular weight excluding hydrogens is 506 g/mol. The molecular formula is C24H24AsClFN4O2. The molecule has 2 aromatic carbocycles. The van der Waals surface area contributed by atoms with E-state index in [1.165, 1.54) is 31.7 Å². The average molecular weight is 530 g/mol. The van der Waals surface area contributed by atoms with Crippen molar-refractivity contribution in [2.75, 3.05) is 32.1 Å². The van der Waals surface area contributed by atoms with E-state index < -0.39 is 21.6 Å². The first-order valence-corrected chi connectivity index (χ1v) is 13.0. The molecule has 33 heavy (non-hydrogen) atoms.